The molecule has 3 heteroatoms. The molecule has 0 spiro atoms. The van der Waals surface area contributed by atoms with E-state index in [1.807, 2.05) is 0 Å². The minimum Gasteiger partial charge on any atom is -0.427 e. The van der Waals surface area contributed by atoms with Gasteiger partial charge in [0.1, 0.15) is 0 Å². The molecule has 9 heavy (non-hydrogen) atoms. The van der Waals surface area contributed by atoms with Crippen molar-refractivity contribution >= 4 is 7.12 Å². The van der Waals surface area contributed by atoms with E-state index < -0.39 is 7.12 Å². The van der Waals surface area contributed by atoms with Crippen LogP contribution in [0.3, 0.4) is 0 Å². The molecule has 0 atom stereocenters. The highest BCUT2D eigenvalue weighted by molar-refractivity contribution is 6.42. The maximum Gasteiger partial charge on any atom is 0.453 e. The molecule has 0 saturated carbocycles. The average molecular weight is 130 g/mol. The van der Waals surface area contributed by atoms with Gasteiger partial charge in [-0.2, -0.15) is 0 Å². The summed E-state index contributed by atoms with van der Waals surface area (Å²) in [5.74, 6) is 0.648. The van der Waals surface area contributed by atoms with E-state index in [2.05, 4.69) is 18.5 Å². The minimum absolute atomic E-state index is 0.563. The van der Waals surface area contributed by atoms with Crippen LogP contribution in [0.25, 0.3) is 0 Å². The third-order valence-electron chi connectivity index (χ3n) is 1.26. The molecule has 0 aliphatic rings. The van der Waals surface area contributed by atoms with Crippen molar-refractivity contribution in [3.8, 4) is 0 Å². The van der Waals surface area contributed by atoms with E-state index in [-0.39, 0.29) is 0 Å². The maximum absolute atomic E-state index is 8.88. The summed E-state index contributed by atoms with van der Waals surface area (Å²) < 4.78 is 4.66. The maximum atomic E-state index is 8.88. The van der Waals surface area contributed by atoms with Crippen LogP contribution in [0.2, 0.25) is 6.32 Å². The molecule has 0 bridgehead atoms. The van der Waals surface area contributed by atoms with Crippen LogP contribution >= 0.6 is 0 Å². The van der Waals surface area contributed by atoms with E-state index in [1.54, 1.807) is 0 Å². The third-order valence-corrected chi connectivity index (χ3v) is 1.26. The Kier molecular flexibility index (Phi) is 4.82. The lowest BCUT2D eigenvalue weighted by molar-refractivity contribution is 0.321. The molecule has 54 valence electrons. The molecule has 0 radical (unpaired) electrons. The largest absolute Gasteiger partial charge is 0.453 e. The fourth-order valence-corrected chi connectivity index (χ4v) is 0.594. The summed E-state index contributed by atoms with van der Waals surface area (Å²) in [4.78, 5) is 0. The topological polar surface area (TPSA) is 29.5 Å². The molecule has 0 rings (SSSR count). The highest BCUT2D eigenvalue weighted by Crippen LogP contribution is 2.05. The molecule has 0 aliphatic heterocycles. The highest BCUT2D eigenvalue weighted by Gasteiger charge is 2.09. The molecule has 0 fully saturated rings. The van der Waals surface area contributed by atoms with Crippen LogP contribution in [-0.2, 0) is 4.65 Å². The predicted molar refractivity (Wildman–Crippen MR) is 39.2 cm³/mol. The summed E-state index contributed by atoms with van der Waals surface area (Å²) in [7, 11) is 0.956. The van der Waals surface area contributed by atoms with Crippen molar-refractivity contribution in [3.63, 3.8) is 0 Å². The second-order valence-corrected chi connectivity index (χ2v) is 2.66. The smallest absolute Gasteiger partial charge is 0.427 e. The van der Waals surface area contributed by atoms with Gasteiger partial charge in [-0.3, -0.25) is 0 Å². The molecule has 0 heterocycles. The molecule has 0 aromatic carbocycles. The molecule has 0 aromatic rings. The monoisotopic (exact) mass is 130 g/mol. The van der Waals surface area contributed by atoms with Crippen molar-refractivity contribution in [2.75, 3.05) is 7.11 Å². The van der Waals surface area contributed by atoms with Gasteiger partial charge in [-0.25, -0.2) is 0 Å². The van der Waals surface area contributed by atoms with Crippen LogP contribution in [0.15, 0.2) is 0 Å². The Bertz CT molecular complexity index is 66.1. The van der Waals surface area contributed by atoms with Crippen LogP contribution in [-0.4, -0.2) is 19.3 Å². The van der Waals surface area contributed by atoms with Gasteiger partial charge >= 0.3 is 7.12 Å². The van der Waals surface area contributed by atoms with Gasteiger partial charge < -0.3 is 9.68 Å². The Hall–Kier alpha value is -0.0151. The van der Waals surface area contributed by atoms with Gasteiger partial charge in [0.05, 0.1) is 0 Å². The summed E-state index contributed by atoms with van der Waals surface area (Å²) in [6, 6.07) is 0. The average Bonchev–Trinajstić information content (AvgIpc) is 1.83. The molecule has 0 unspecified atom stereocenters. The van der Waals surface area contributed by atoms with Gasteiger partial charge in [0.2, 0.25) is 0 Å². The van der Waals surface area contributed by atoms with Crippen molar-refractivity contribution in [2.24, 2.45) is 5.92 Å². The predicted octanol–water partition coefficient (Wildman–Crippen LogP) is 1.16. The quantitative estimate of drug-likeness (QED) is 0.578. The zero-order valence-corrected chi connectivity index (χ0v) is 6.42. The van der Waals surface area contributed by atoms with Gasteiger partial charge in [-0.15, -0.1) is 0 Å². The highest BCUT2D eigenvalue weighted by atomic mass is 16.5. The Labute approximate surface area is 57.4 Å². The number of rotatable bonds is 4. The lowest BCUT2D eigenvalue weighted by Crippen LogP contribution is -2.15. The first-order chi connectivity index (χ1) is 4.16. The second kappa shape index (κ2) is 4.83. The van der Waals surface area contributed by atoms with E-state index in [0.29, 0.717) is 5.92 Å². The molecule has 0 saturated heterocycles. The fourth-order valence-electron chi connectivity index (χ4n) is 0.594. The van der Waals surface area contributed by atoms with E-state index in [1.165, 1.54) is 7.11 Å². The van der Waals surface area contributed by atoms with E-state index >= 15 is 0 Å². The summed E-state index contributed by atoms with van der Waals surface area (Å²) in [6.07, 6.45) is 1.77. The van der Waals surface area contributed by atoms with Gasteiger partial charge in [-0.1, -0.05) is 20.3 Å². The molecule has 2 nitrogen and oxygen atoms in total. The summed E-state index contributed by atoms with van der Waals surface area (Å²) in [6.45, 7) is 4.25. The Morgan fingerprint density at radius 1 is 1.56 bits per heavy atom. The van der Waals surface area contributed by atoms with Gasteiger partial charge in [0, 0.05) is 7.11 Å². The molecule has 0 amide bonds. The SMILES string of the molecule is COB(O)CCC(C)C. The lowest BCUT2D eigenvalue weighted by Gasteiger charge is -2.04. The fraction of sp³-hybridized carbons (Fsp3) is 1.00. The molecular weight excluding hydrogens is 115 g/mol. The summed E-state index contributed by atoms with van der Waals surface area (Å²) in [5, 5.41) is 8.88. The number of hydrogen-bond acceptors (Lipinski definition) is 2. The summed E-state index contributed by atoms with van der Waals surface area (Å²) >= 11 is 0. The Morgan fingerprint density at radius 3 is 2.44 bits per heavy atom. The standard InChI is InChI=1S/C6H15BO2/c1-6(2)4-5-7(8)9-3/h6,8H,4-5H2,1-3H3. The molecule has 1 N–H and O–H groups in total. The van der Waals surface area contributed by atoms with Gasteiger partial charge in [0.25, 0.3) is 0 Å². The lowest BCUT2D eigenvalue weighted by atomic mass is 9.81. The zero-order valence-electron chi connectivity index (χ0n) is 6.42. The molecular formula is C6H15BO2. The van der Waals surface area contributed by atoms with Gasteiger partial charge in [-0.05, 0) is 12.2 Å². The normalized spacial score (nSPS) is 10.3. The Morgan fingerprint density at radius 2 is 2.11 bits per heavy atom. The molecule has 0 aromatic heterocycles. The van der Waals surface area contributed by atoms with E-state index in [4.69, 9.17) is 5.02 Å². The van der Waals surface area contributed by atoms with Crippen LogP contribution in [0, 0.1) is 5.92 Å². The first-order valence-electron chi connectivity index (χ1n) is 3.37. The van der Waals surface area contributed by atoms with Crippen molar-refractivity contribution in [3.05, 3.63) is 0 Å². The van der Waals surface area contributed by atoms with Gasteiger partial charge in [0.15, 0.2) is 0 Å². The van der Waals surface area contributed by atoms with Crippen LogP contribution < -0.4 is 0 Å². The summed E-state index contributed by atoms with van der Waals surface area (Å²) in [5.41, 5.74) is 0. The second-order valence-electron chi connectivity index (χ2n) is 2.66. The minimum atomic E-state index is -0.563. The first kappa shape index (κ1) is 8.98. The van der Waals surface area contributed by atoms with Crippen molar-refractivity contribution in [1.29, 1.82) is 0 Å². The first-order valence-corrected chi connectivity index (χ1v) is 3.37. The van der Waals surface area contributed by atoms with E-state index in [9.17, 15) is 0 Å². The van der Waals surface area contributed by atoms with E-state index in [0.717, 1.165) is 12.7 Å². The van der Waals surface area contributed by atoms with Crippen molar-refractivity contribution in [1.82, 2.24) is 0 Å². The van der Waals surface area contributed by atoms with Crippen molar-refractivity contribution in [2.45, 2.75) is 26.6 Å². The Balaban J connectivity index is 3.06. The van der Waals surface area contributed by atoms with Crippen LogP contribution in [0.5, 0.6) is 0 Å². The van der Waals surface area contributed by atoms with Crippen molar-refractivity contribution < 1.29 is 9.68 Å². The third kappa shape index (κ3) is 5.86. The van der Waals surface area contributed by atoms with Crippen LogP contribution in [0.4, 0.5) is 0 Å². The van der Waals surface area contributed by atoms with Crippen LogP contribution in [0.1, 0.15) is 20.3 Å². The molecule has 0 aliphatic carbocycles. The zero-order chi connectivity index (χ0) is 7.28. The number of hydrogen-bond donors (Lipinski definition) is 1.